The zero-order valence-electron chi connectivity index (χ0n) is 16.2. The molecule has 0 bridgehead atoms. The molecular weight excluding hydrogens is 376 g/mol. The van der Waals surface area contributed by atoms with Crippen molar-refractivity contribution < 1.29 is 9.47 Å². The average molecular weight is 399 g/mol. The van der Waals surface area contributed by atoms with Crippen molar-refractivity contribution in [3.05, 3.63) is 109 Å². The molecule has 0 spiro atoms. The molecule has 0 saturated heterocycles. The van der Waals surface area contributed by atoms with Crippen molar-refractivity contribution in [1.82, 2.24) is 0 Å². The summed E-state index contributed by atoms with van der Waals surface area (Å²) in [5, 5.41) is 0. The van der Waals surface area contributed by atoms with Crippen LogP contribution < -0.4 is 9.47 Å². The van der Waals surface area contributed by atoms with E-state index in [4.69, 9.17) is 9.47 Å². The second-order valence-corrected chi connectivity index (χ2v) is 7.73. The summed E-state index contributed by atoms with van der Waals surface area (Å²) in [5.74, 6) is 1.58. The van der Waals surface area contributed by atoms with Gasteiger partial charge in [0.1, 0.15) is 11.5 Å². The fraction of sp³-hybridized carbons (Fsp3) is 0.0769. The lowest BCUT2D eigenvalue weighted by Gasteiger charge is -2.16. The van der Waals surface area contributed by atoms with Crippen molar-refractivity contribution in [3.63, 3.8) is 0 Å². The number of rotatable bonds is 7. The highest BCUT2D eigenvalue weighted by Crippen LogP contribution is 2.30. The van der Waals surface area contributed by atoms with Crippen molar-refractivity contribution >= 4 is 11.8 Å². The molecular formula is C26H22O2S. The number of hydrogen-bond acceptors (Lipinski definition) is 3. The summed E-state index contributed by atoms with van der Waals surface area (Å²) in [7, 11) is 0. The van der Waals surface area contributed by atoms with Gasteiger partial charge in [-0.1, -0.05) is 72.4 Å². The first-order valence-corrected chi connectivity index (χ1v) is 10.4. The largest absolute Gasteiger partial charge is 0.455 e. The van der Waals surface area contributed by atoms with Crippen LogP contribution in [0.1, 0.15) is 6.92 Å². The van der Waals surface area contributed by atoms with E-state index >= 15 is 0 Å². The Hall–Kier alpha value is -3.17. The fourth-order valence-corrected chi connectivity index (χ4v) is 3.81. The Bertz CT molecular complexity index is 1010. The van der Waals surface area contributed by atoms with Gasteiger partial charge in [-0.05, 0) is 59.7 Å². The normalized spacial score (nSPS) is 11.6. The first-order chi connectivity index (χ1) is 14.3. The van der Waals surface area contributed by atoms with E-state index in [9.17, 15) is 0 Å². The third-order valence-corrected chi connectivity index (χ3v) is 5.38. The highest BCUT2D eigenvalue weighted by atomic mass is 32.2. The molecule has 3 heteroatoms. The van der Waals surface area contributed by atoms with E-state index in [2.05, 4.69) is 60.7 Å². The standard InChI is InChI=1S/C26H22O2S/c1-20(27-23-8-4-2-5-9-23)28-24-16-12-21(13-17-24)22-14-18-26(19-15-22)29-25-10-6-3-7-11-25/h2-20H,1H3. The number of para-hydroxylation sites is 1. The van der Waals surface area contributed by atoms with E-state index in [1.165, 1.54) is 15.4 Å². The highest BCUT2D eigenvalue weighted by Gasteiger charge is 2.06. The molecule has 4 aromatic carbocycles. The van der Waals surface area contributed by atoms with Crippen LogP contribution in [0.3, 0.4) is 0 Å². The molecule has 4 aromatic rings. The van der Waals surface area contributed by atoms with E-state index in [1.54, 1.807) is 11.8 Å². The van der Waals surface area contributed by atoms with Crippen LogP contribution in [-0.4, -0.2) is 6.29 Å². The lowest BCUT2D eigenvalue weighted by atomic mass is 10.1. The van der Waals surface area contributed by atoms with Crippen LogP contribution in [0.25, 0.3) is 11.1 Å². The predicted octanol–water partition coefficient (Wildman–Crippen LogP) is 7.31. The number of hydrogen-bond donors (Lipinski definition) is 0. The molecule has 144 valence electrons. The zero-order chi connectivity index (χ0) is 19.9. The van der Waals surface area contributed by atoms with Gasteiger partial charge in [0, 0.05) is 16.7 Å². The molecule has 0 aromatic heterocycles. The maximum atomic E-state index is 5.87. The van der Waals surface area contributed by atoms with Crippen LogP contribution in [0.2, 0.25) is 0 Å². The highest BCUT2D eigenvalue weighted by molar-refractivity contribution is 7.99. The lowest BCUT2D eigenvalue weighted by molar-refractivity contribution is 0.0223. The number of ether oxygens (including phenoxy) is 2. The lowest BCUT2D eigenvalue weighted by Crippen LogP contribution is -2.19. The quantitative estimate of drug-likeness (QED) is 0.304. The smallest absolute Gasteiger partial charge is 0.238 e. The van der Waals surface area contributed by atoms with Gasteiger partial charge in [-0.3, -0.25) is 0 Å². The molecule has 0 heterocycles. The van der Waals surface area contributed by atoms with Crippen LogP contribution in [0.5, 0.6) is 11.5 Å². The van der Waals surface area contributed by atoms with Gasteiger partial charge >= 0.3 is 0 Å². The molecule has 4 rings (SSSR count). The van der Waals surface area contributed by atoms with Gasteiger partial charge in [0.25, 0.3) is 0 Å². The Balaban J connectivity index is 1.37. The van der Waals surface area contributed by atoms with Crippen LogP contribution in [0.4, 0.5) is 0 Å². The van der Waals surface area contributed by atoms with Gasteiger partial charge < -0.3 is 9.47 Å². The Morgan fingerprint density at radius 1 is 0.517 bits per heavy atom. The summed E-state index contributed by atoms with van der Waals surface area (Å²) in [4.78, 5) is 2.47. The fourth-order valence-electron chi connectivity index (χ4n) is 2.97. The molecule has 0 saturated carbocycles. The Kier molecular flexibility index (Phi) is 6.18. The Labute approximate surface area is 176 Å². The van der Waals surface area contributed by atoms with Crippen molar-refractivity contribution in [1.29, 1.82) is 0 Å². The second kappa shape index (κ2) is 9.35. The zero-order valence-corrected chi connectivity index (χ0v) is 17.0. The minimum absolute atomic E-state index is 0.363. The summed E-state index contributed by atoms with van der Waals surface area (Å²) < 4.78 is 11.6. The maximum Gasteiger partial charge on any atom is 0.238 e. The van der Waals surface area contributed by atoms with Crippen molar-refractivity contribution in [2.24, 2.45) is 0 Å². The SMILES string of the molecule is CC(Oc1ccccc1)Oc1ccc(-c2ccc(Sc3ccccc3)cc2)cc1. The van der Waals surface area contributed by atoms with E-state index in [0.717, 1.165) is 17.1 Å². The summed E-state index contributed by atoms with van der Waals surface area (Å²) in [5.41, 5.74) is 2.34. The second-order valence-electron chi connectivity index (χ2n) is 6.58. The maximum absolute atomic E-state index is 5.87. The van der Waals surface area contributed by atoms with Gasteiger partial charge in [-0.2, -0.15) is 0 Å². The molecule has 0 amide bonds. The molecule has 0 fully saturated rings. The minimum Gasteiger partial charge on any atom is -0.455 e. The summed E-state index contributed by atoms with van der Waals surface area (Å²) in [6, 6.07) is 36.8. The van der Waals surface area contributed by atoms with Gasteiger partial charge in [-0.15, -0.1) is 0 Å². The Morgan fingerprint density at radius 2 is 0.966 bits per heavy atom. The molecule has 1 atom stereocenters. The Morgan fingerprint density at radius 3 is 1.55 bits per heavy atom. The van der Waals surface area contributed by atoms with Crippen molar-refractivity contribution in [2.45, 2.75) is 23.0 Å². The van der Waals surface area contributed by atoms with E-state index < -0.39 is 0 Å². The van der Waals surface area contributed by atoms with Crippen LogP contribution in [0, 0.1) is 0 Å². The molecule has 0 aliphatic rings. The van der Waals surface area contributed by atoms with Gasteiger partial charge in [0.05, 0.1) is 0 Å². The van der Waals surface area contributed by atoms with E-state index in [1.807, 2.05) is 55.5 Å². The van der Waals surface area contributed by atoms with Crippen LogP contribution in [-0.2, 0) is 0 Å². The van der Waals surface area contributed by atoms with Gasteiger partial charge in [-0.25, -0.2) is 0 Å². The van der Waals surface area contributed by atoms with Crippen molar-refractivity contribution in [2.75, 3.05) is 0 Å². The summed E-state index contributed by atoms with van der Waals surface area (Å²) in [6.07, 6.45) is -0.363. The monoisotopic (exact) mass is 398 g/mol. The summed E-state index contributed by atoms with van der Waals surface area (Å²) in [6.45, 7) is 1.89. The molecule has 1 unspecified atom stereocenters. The third kappa shape index (κ3) is 5.43. The topological polar surface area (TPSA) is 18.5 Å². The minimum atomic E-state index is -0.363. The molecule has 29 heavy (non-hydrogen) atoms. The molecule has 2 nitrogen and oxygen atoms in total. The first-order valence-electron chi connectivity index (χ1n) is 9.58. The molecule has 0 aliphatic carbocycles. The molecule has 0 N–H and O–H groups in total. The summed E-state index contributed by atoms with van der Waals surface area (Å²) >= 11 is 1.77. The van der Waals surface area contributed by atoms with Gasteiger partial charge in [0.15, 0.2) is 0 Å². The average Bonchev–Trinajstić information content (AvgIpc) is 2.76. The third-order valence-electron chi connectivity index (χ3n) is 4.37. The van der Waals surface area contributed by atoms with E-state index in [-0.39, 0.29) is 6.29 Å². The van der Waals surface area contributed by atoms with Crippen LogP contribution >= 0.6 is 11.8 Å². The van der Waals surface area contributed by atoms with Crippen molar-refractivity contribution in [3.8, 4) is 22.6 Å². The molecule has 0 aliphatic heterocycles. The van der Waals surface area contributed by atoms with E-state index in [0.29, 0.717) is 0 Å². The first kappa shape index (κ1) is 19.2. The van der Waals surface area contributed by atoms with Crippen LogP contribution in [0.15, 0.2) is 119 Å². The number of benzene rings is 4. The van der Waals surface area contributed by atoms with Gasteiger partial charge in [0.2, 0.25) is 6.29 Å². The molecule has 0 radical (unpaired) electrons. The predicted molar refractivity (Wildman–Crippen MR) is 120 cm³/mol.